The highest BCUT2D eigenvalue weighted by Gasteiger charge is 2.24. The van der Waals surface area contributed by atoms with Gasteiger partial charge < -0.3 is 24.7 Å². The highest BCUT2D eigenvalue weighted by Crippen LogP contribution is 2.22. The lowest BCUT2D eigenvalue weighted by atomic mass is 9.96. The number of fused-ring (bicyclic) bond motifs is 1. The van der Waals surface area contributed by atoms with Crippen LogP contribution in [0.2, 0.25) is 0 Å². The molecule has 1 fully saturated rings. The molecule has 2 aromatic heterocycles. The van der Waals surface area contributed by atoms with Crippen LogP contribution in [0.25, 0.3) is 11.0 Å². The fourth-order valence-corrected chi connectivity index (χ4v) is 3.46. The van der Waals surface area contributed by atoms with Crippen molar-refractivity contribution in [2.24, 2.45) is 5.92 Å². The van der Waals surface area contributed by atoms with Gasteiger partial charge in [0.25, 0.3) is 12.4 Å². The maximum Gasteiger partial charge on any atom is 0.290 e. The zero-order valence-corrected chi connectivity index (χ0v) is 15.4. The zero-order chi connectivity index (χ0) is 19.9. The molecular weight excluding hydrogens is 362 g/mol. The van der Waals surface area contributed by atoms with Crippen molar-refractivity contribution >= 4 is 23.4 Å². The van der Waals surface area contributed by atoms with Crippen molar-refractivity contribution in [1.82, 2.24) is 24.4 Å². The summed E-state index contributed by atoms with van der Waals surface area (Å²) in [5.74, 6) is 1.16. The minimum Gasteiger partial charge on any atom is -0.483 e. The summed E-state index contributed by atoms with van der Waals surface area (Å²) in [6.07, 6.45) is 7.64. The molecule has 0 bridgehead atoms. The fourth-order valence-electron chi connectivity index (χ4n) is 3.46. The lowest BCUT2D eigenvalue weighted by Gasteiger charge is -2.32. The van der Waals surface area contributed by atoms with Crippen LogP contribution < -0.4 is 0 Å². The van der Waals surface area contributed by atoms with Gasteiger partial charge in [-0.2, -0.15) is 0 Å². The number of likely N-dealkylation sites (tertiary alicyclic amines) is 1. The summed E-state index contributed by atoms with van der Waals surface area (Å²) in [4.78, 5) is 34.4. The molecule has 0 atom stereocenters. The Labute approximate surface area is 161 Å². The van der Waals surface area contributed by atoms with Crippen molar-refractivity contribution in [3.8, 4) is 0 Å². The van der Waals surface area contributed by atoms with Crippen molar-refractivity contribution < 1.29 is 19.8 Å². The summed E-state index contributed by atoms with van der Waals surface area (Å²) in [5.41, 5.74) is 2.21. The van der Waals surface area contributed by atoms with E-state index in [-0.39, 0.29) is 19.0 Å². The summed E-state index contributed by atoms with van der Waals surface area (Å²) >= 11 is 0. The largest absolute Gasteiger partial charge is 0.483 e. The molecule has 4 rings (SSSR count). The lowest BCUT2D eigenvalue weighted by Crippen LogP contribution is -2.39. The molecule has 0 spiro atoms. The van der Waals surface area contributed by atoms with Gasteiger partial charge in [-0.15, -0.1) is 0 Å². The van der Waals surface area contributed by atoms with Crippen LogP contribution in [0.3, 0.4) is 0 Å². The van der Waals surface area contributed by atoms with Crippen LogP contribution in [-0.4, -0.2) is 60.1 Å². The van der Waals surface area contributed by atoms with E-state index in [0.29, 0.717) is 17.3 Å². The van der Waals surface area contributed by atoms with Gasteiger partial charge in [-0.1, -0.05) is 0 Å². The minimum absolute atomic E-state index is 0.0585. The number of amides is 1. The number of rotatable bonds is 4. The first-order chi connectivity index (χ1) is 13.6. The smallest absolute Gasteiger partial charge is 0.290 e. The van der Waals surface area contributed by atoms with Gasteiger partial charge in [0.05, 0.1) is 17.4 Å². The molecule has 3 N–H and O–H groups in total. The summed E-state index contributed by atoms with van der Waals surface area (Å²) < 4.78 is 2.10. The summed E-state index contributed by atoms with van der Waals surface area (Å²) in [5, 5.41) is 16.1. The first kappa shape index (κ1) is 19.6. The molecule has 28 heavy (non-hydrogen) atoms. The average molecular weight is 385 g/mol. The van der Waals surface area contributed by atoms with Crippen LogP contribution in [0, 0.1) is 5.92 Å². The molecule has 1 aromatic carbocycles. The van der Waals surface area contributed by atoms with Gasteiger partial charge in [0.1, 0.15) is 12.4 Å². The monoisotopic (exact) mass is 385 g/mol. The van der Waals surface area contributed by atoms with Crippen LogP contribution in [0.1, 0.15) is 29.0 Å². The van der Waals surface area contributed by atoms with Crippen LogP contribution in [0.15, 0.2) is 36.9 Å². The van der Waals surface area contributed by atoms with Crippen molar-refractivity contribution in [1.29, 1.82) is 0 Å². The van der Waals surface area contributed by atoms with Crippen LogP contribution in [-0.2, 0) is 17.9 Å². The Bertz CT molecular complexity index is 914. The van der Waals surface area contributed by atoms with Gasteiger partial charge in [-0.05, 0) is 37.0 Å². The van der Waals surface area contributed by atoms with E-state index in [4.69, 9.17) is 15.0 Å². The third-order valence-electron chi connectivity index (χ3n) is 4.86. The number of carboxylic acid groups (broad SMARTS) is 1. The topological polar surface area (TPSA) is 124 Å². The Morgan fingerprint density at radius 3 is 2.71 bits per heavy atom. The number of aromatic nitrogens is 4. The number of nitrogens with zero attached hydrogens (tertiary/aromatic N) is 4. The van der Waals surface area contributed by atoms with Gasteiger partial charge in [0.2, 0.25) is 0 Å². The van der Waals surface area contributed by atoms with Gasteiger partial charge in [-0.3, -0.25) is 9.59 Å². The molecule has 1 aliphatic heterocycles. The number of hydrogen-bond donors (Lipinski definition) is 3. The van der Waals surface area contributed by atoms with Gasteiger partial charge in [0.15, 0.2) is 0 Å². The number of hydrogen-bond acceptors (Lipinski definition) is 5. The molecule has 148 valence electrons. The maximum atomic E-state index is 12.8. The Balaban J connectivity index is 0.000000706. The number of benzene rings is 1. The van der Waals surface area contributed by atoms with Gasteiger partial charge >= 0.3 is 0 Å². The third-order valence-corrected chi connectivity index (χ3v) is 4.86. The molecule has 9 heteroatoms. The number of nitrogens with one attached hydrogen (secondary N) is 1. The molecule has 1 amide bonds. The Kier molecular flexibility index (Phi) is 6.38. The van der Waals surface area contributed by atoms with Crippen molar-refractivity contribution in [3.63, 3.8) is 0 Å². The lowest BCUT2D eigenvalue weighted by molar-refractivity contribution is -0.122. The van der Waals surface area contributed by atoms with Crippen LogP contribution in [0.4, 0.5) is 0 Å². The first-order valence-electron chi connectivity index (χ1n) is 9.07. The van der Waals surface area contributed by atoms with E-state index in [9.17, 15) is 4.79 Å². The first-order valence-corrected chi connectivity index (χ1v) is 9.07. The van der Waals surface area contributed by atoms with Crippen molar-refractivity contribution in [2.45, 2.75) is 26.0 Å². The highest BCUT2D eigenvalue weighted by atomic mass is 16.3. The molecule has 0 unspecified atom stereocenters. The number of aliphatic hydroxyl groups excluding tert-OH is 1. The Morgan fingerprint density at radius 1 is 1.32 bits per heavy atom. The molecule has 3 aromatic rings. The summed E-state index contributed by atoms with van der Waals surface area (Å²) in [7, 11) is 0. The van der Waals surface area contributed by atoms with Crippen molar-refractivity contribution in [3.05, 3.63) is 48.3 Å². The second kappa shape index (κ2) is 9.14. The Morgan fingerprint density at radius 2 is 2.07 bits per heavy atom. The number of carbonyl (C=O) groups is 2. The molecular formula is C19H23N5O4. The van der Waals surface area contributed by atoms with E-state index in [2.05, 4.69) is 19.5 Å². The number of imidazole rings is 2. The SMILES string of the molecule is O=C(c1ccc2nc(CO)[nH]c2c1)N1CCC(Cn2ccnc2)CC1.O=CO. The second-order valence-electron chi connectivity index (χ2n) is 6.67. The quantitative estimate of drug-likeness (QED) is 0.585. The number of H-pyrrole nitrogens is 1. The molecule has 0 aliphatic carbocycles. The Hall–Kier alpha value is -3.20. The molecule has 1 saturated heterocycles. The number of aliphatic hydroxyl groups is 1. The zero-order valence-electron chi connectivity index (χ0n) is 15.4. The van der Waals surface area contributed by atoms with Gasteiger partial charge in [0, 0.05) is 37.6 Å². The predicted octanol–water partition coefficient (Wildman–Crippen LogP) is 1.50. The van der Waals surface area contributed by atoms with E-state index in [1.165, 1.54) is 0 Å². The average Bonchev–Trinajstić information content (AvgIpc) is 3.37. The number of aromatic amines is 1. The van der Waals surface area contributed by atoms with E-state index >= 15 is 0 Å². The molecule has 9 nitrogen and oxygen atoms in total. The maximum absolute atomic E-state index is 12.8. The molecule has 0 radical (unpaired) electrons. The highest BCUT2D eigenvalue weighted by molar-refractivity contribution is 5.97. The number of carbonyl (C=O) groups excluding carboxylic acids is 1. The third kappa shape index (κ3) is 4.55. The van der Waals surface area contributed by atoms with E-state index in [1.54, 1.807) is 6.20 Å². The normalized spacial score (nSPS) is 14.5. The summed E-state index contributed by atoms with van der Waals surface area (Å²) in [6.45, 7) is 2.14. The summed E-state index contributed by atoms with van der Waals surface area (Å²) in [6, 6.07) is 5.45. The van der Waals surface area contributed by atoms with Gasteiger partial charge in [-0.25, -0.2) is 9.97 Å². The van der Waals surface area contributed by atoms with Crippen molar-refractivity contribution in [2.75, 3.05) is 13.1 Å². The van der Waals surface area contributed by atoms with E-state index < -0.39 is 0 Å². The standard InChI is InChI=1S/C18H21N5O2.CH2O2/c24-11-17-20-15-2-1-14(9-16(15)21-17)18(25)23-6-3-13(4-7-23)10-22-8-5-19-12-22;2-1-3/h1-2,5,8-9,12-13,24H,3-4,6-7,10-11H2,(H,20,21);1H,(H,2,3). The molecule has 3 heterocycles. The van der Waals surface area contributed by atoms with E-state index in [0.717, 1.165) is 43.5 Å². The van der Waals surface area contributed by atoms with E-state index in [1.807, 2.05) is 35.6 Å². The minimum atomic E-state index is -0.250. The number of piperidine rings is 1. The fraction of sp³-hybridized carbons (Fsp3) is 0.368. The van der Waals surface area contributed by atoms with Crippen LogP contribution in [0.5, 0.6) is 0 Å². The molecule has 0 saturated carbocycles. The predicted molar refractivity (Wildman–Crippen MR) is 102 cm³/mol. The second-order valence-corrected chi connectivity index (χ2v) is 6.67. The molecule has 1 aliphatic rings. The van der Waals surface area contributed by atoms with Crippen LogP contribution >= 0.6 is 0 Å².